The lowest BCUT2D eigenvalue weighted by atomic mass is 10.0. The van der Waals surface area contributed by atoms with Gasteiger partial charge in [-0.05, 0) is 56.2 Å². The molecule has 0 heterocycles. The normalized spacial score (nSPS) is 12.8. The van der Waals surface area contributed by atoms with Crippen molar-refractivity contribution in [2.75, 3.05) is 7.11 Å². The van der Waals surface area contributed by atoms with E-state index in [1.807, 2.05) is 26.0 Å². The molecule has 1 unspecified atom stereocenters. The summed E-state index contributed by atoms with van der Waals surface area (Å²) in [5.74, 6) is 0.593. The number of carbonyl (C=O) groups is 1. The monoisotopic (exact) mass is 424 g/mol. The summed E-state index contributed by atoms with van der Waals surface area (Å²) in [6.07, 6.45) is -4.52. The van der Waals surface area contributed by atoms with E-state index < -0.39 is 17.8 Å². The highest BCUT2D eigenvalue weighted by Gasteiger charge is 2.29. The van der Waals surface area contributed by atoms with E-state index in [4.69, 9.17) is 14.2 Å². The van der Waals surface area contributed by atoms with Crippen molar-refractivity contribution < 1.29 is 32.2 Å². The standard InChI is InChI=1S/C23H27F3O4/c1-15(2)30-22(16(3)27)12-18-7-10-21(28-4)19(11-18)14-29-13-17-5-8-20(9-6-17)23(24,25)26/h5-11,15,22H,12-14H2,1-4H3. The van der Waals surface area contributed by atoms with Gasteiger partial charge in [-0.3, -0.25) is 4.79 Å². The fourth-order valence-corrected chi connectivity index (χ4v) is 2.97. The molecule has 2 aromatic rings. The number of ether oxygens (including phenoxy) is 3. The van der Waals surface area contributed by atoms with Gasteiger partial charge in [0, 0.05) is 12.0 Å². The van der Waals surface area contributed by atoms with Gasteiger partial charge in [0.2, 0.25) is 0 Å². The van der Waals surface area contributed by atoms with Crippen molar-refractivity contribution in [3.05, 3.63) is 64.7 Å². The lowest BCUT2D eigenvalue weighted by molar-refractivity contribution is -0.137. The zero-order chi connectivity index (χ0) is 22.3. The Morgan fingerprint density at radius 2 is 1.63 bits per heavy atom. The van der Waals surface area contributed by atoms with Crippen LogP contribution < -0.4 is 4.74 Å². The van der Waals surface area contributed by atoms with Crippen LogP contribution in [-0.4, -0.2) is 25.1 Å². The molecule has 2 aromatic carbocycles. The SMILES string of the molecule is COc1ccc(CC(OC(C)C)C(C)=O)cc1COCc1ccc(C(F)(F)F)cc1. The average molecular weight is 424 g/mol. The molecular formula is C23H27F3O4. The topological polar surface area (TPSA) is 44.8 Å². The number of benzene rings is 2. The van der Waals surface area contributed by atoms with Gasteiger partial charge < -0.3 is 14.2 Å². The van der Waals surface area contributed by atoms with Gasteiger partial charge in [-0.15, -0.1) is 0 Å². The van der Waals surface area contributed by atoms with Crippen LogP contribution in [-0.2, 0) is 40.1 Å². The van der Waals surface area contributed by atoms with Crippen molar-refractivity contribution in [2.45, 2.75) is 58.8 Å². The number of hydrogen-bond donors (Lipinski definition) is 0. The summed E-state index contributed by atoms with van der Waals surface area (Å²) in [6.45, 7) is 5.64. The Bertz CT molecular complexity index is 829. The van der Waals surface area contributed by atoms with Gasteiger partial charge in [-0.1, -0.05) is 18.2 Å². The van der Waals surface area contributed by atoms with Gasteiger partial charge in [0.1, 0.15) is 11.9 Å². The van der Waals surface area contributed by atoms with Crippen molar-refractivity contribution in [2.24, 2.45) is 0 Å². The summed E-state index contributed by atoms with van der Waals surface area (Å²) >= 11 is 0. The third-order valence-corrected chi connectivity index (χ3v) is 4.46. The molecule has 0 radical (unpaired) electrons. The molecule has 7 heteroatoms. The summed E-state index contributed by atoms with van der Waals surface area (Å²) in [4.78, 5) is 11.9. The lowest BCUT2D eigenvalue weighted by Crippen LogP contribution is -2.27. The molecule has 164 valence electrons. The quantitative estimate of drug-likeness (QED) is 0.515. The van der Waals surface area contributed by atoms with E-state index in [-0.39, 0.29) is 25.1 Å². The van der Waals surface area contributed by atoms with E-state index in [0.29, 0.717) is 17.7 Å². The molecule has 0 bridgehead atoms. The number of Topliss-reactive ketones (excluding diaryl/α,β-unsaturated/α-hetero) is 1. The maximum absolute atomic E-state index is 12.6. The first-order valence-corrected chi connectivity index (χ1v) is 9.65. The van der Waals surface area contributed by atoms with Crippen LogP contribution in [0, 0.1) is 0 Å². The second-order valence-corrected chi connectivity index (χ2v) is 7.32. The van der Waals surface area contributed by atoms with E-state index in [0.717, 1.165) is 23.3 Å². The molecule has 0 saturated carbocycles. The van der Waals surface area contributed by atoms with Crippen molar-refractivity contribution in [3.8, 4) is 5.75 Å². The van der Waals surface area contributed by atoms with Crippen LogP contribution in [0.25, 0.3) is 0 Å². The van der Waals surface area contributed by atoms with E-state index in [1.165, 1.54) is 19.1 Å². The minimum atomic E-state index is -4.36. The predicted octanol–water partition coefficient (Wildman–Crippen LogP) is 5.36. The third-order valence-electron chi connectivity index (χ3n) is 4.46. The Kier molecular flexibility index (Phi) is 8.43. The highest BCUT2D eigenvalue weighted by Crippen LogP contribution is 2.29. The fourth-order valence-electron chi connectivity index (χ4n) is 2.97. The van der Waals surface area contributed by atoms with Crippen LogP contribution in [0.1, 0.15) is 43.0 Å². The lowest BCUT2D eigenvalue weighted by Gasteiger charge is -2.19. The van der Waals surface area contributed by atoms with Crippen LogP contribution in [0.3, 0.4) is 0 Å². The molecule has 0 aromatic heterocycles. The minimum absolute atomic E-state index is 0.0420. The third kappa shape index (κ3) is 7.15. The highest BCUT2D eigenvalue weighted by atomic mass is 19.4. The van der Waals surface area contributed by atoms with Crippen molar-refractivity contribution in [1.29, 1.82) is 0 Å². The predicted molar refractivity (Wildman–Crippen MR) is 107 cm³/mol. The highest BCUT2D eigenvalue weighted by molar-refractivity contribution is 5.80. The second-order valence-electron chi connectivity index (χ2n) is 7.32. The van der Waals surface area contributed by atoms with Crippen LogP contribution in [0.15, 0.2) is 42.5 Å². The summed E-state index contributed by atoms with van der Waals surface area (Å²) in [5, 5.41) is 0. The molecular weight excluding hydrogens is 397 g/mol. The zero-order valence-corrected chi connectivity index (χ0v) is 17.6. The maximum Gasteiger partial charge on any atom is 0.416 e. The fraction of sp³-hybridized carbons (Fsp3) is 0.435. The number of rotatable bonds is 10. The molecule has 1 atom stereocenters. The van der Waals surface area contributed by atoms with E-state index in [1.54, 1.807) is 13.2 Å². The molecule has 0 saturated heterocycles. The maximum atomic E-state index is 12.6. The smallest absolute Gasteiger partial charge is 0.416 e. The molecule has 0 spiro atoms. The zero-order valence-electron chi connectivity index (χ0n) is 17.6. The minimum Gasteiger partial charge on any atom is -0.496 e. The largest absolute Gasteiger partial charge is 0.496 e. The molecule has 2 rings (SSSR count). The first kappa shape index (κ1) is 23.9. The van der Waals surface area contributed by atoms with Gasteiger partial charge in [0.25, 0.3) is 0 Å². The summed E-state index contributed by atoms with van der Waals surface area (Å²) in [6, 6.07) is 10.4. The van der Waals surface area contributed by atoms with Crippen molar-refractivity contribution >= 4 is 5.78 Å². The Morgan fingerprint density at radius 3 is 2.17 bits per heavy atom. The average Bonchev–Trinajstić information content (AvgIpc) is 2.67. The first-order valence-electron chi connectivity index (χ1n) is 9.65. The molecule has 0 aliphatic carbocycles. The van der Waals surface area contributed by atoms with Crippen LogP contribution in [0.5, 0.6) is 5.75 Å². The summed E-state index contributed by atoms with van der Waals surface area (Å²) < 4.78 is 54.7. The molecule has 0 N–H and O–H groups in total. The van der Waals surface area contributed by atoms with Gasteiger partial charge in [0.15, 0.2) is 5.78 Å². The van der Waals surface area contributed by atoms with Crippen molar-refractivity contribution in [1.82, 2.24) is 0 Å². The Balaban J connectivity index is 2.04. The van der Waals surface area contributed by atoms with Crippen LogP contribution in [0.2, 0.25) is 0 Å². The van der Waals surface area contributed by atoms with Crippen LogP contribution >= 0.6 is 0 Å². The number of alkyl halides is 3. The van der Waals surface area contributed by atoms with Gasteiger partial charge >= 0.3 is 6.18 Å². The number of hydrogen-bond acceptors (Lipinski definition) is 4. The number of methoxy groups -OCH3 is 1. The van der Waals surface area contributed by atoms with E-state index in [2.05, 4.69) is 0 Å². The Hall–Kier alpha value is -2.38. The van der Waals surface area contributed by atoms with Crippen LogP contribution in [0.4, 0.5) is 13.2 Å². The van der Waals surface area contributed by atoms with Gasteiger partial charge in [0.05, 0.1) is 32.0 Å². The Labute approximate surface area is 175 Å². The summed E-state index contributed by atoms with van der Waals surface area (Å²) in [7, 11) is 1.55. The Morgan fingerprint density at radius 1 is 1.00 bits per heavy atom. The molecule has 0 amide bonds. The van der Waals surface area contributed by atoms with E-state index in [9.17, 15) is 18.0 Å². The number of carbonyl (C=O) groups excluding carboxylic acids is 1. The molecule has 0 aliphatic heterocycles. The summed E-state index contributed by atoms with van der Waals surface area (Å²) in [5.41, 5.74) is 1.64. The number of ketones is 1. The molecule has 0 aliphatic rings. The molecule has 0 fully saturated rings. The van der Waals surface area contributed by atoms with Gasteiger partial charge in [-0.2, -0.15) is 13.2 Å². The van der Waals surface area contributed by atoms with Crippen molar-refractivity contribution in [3.63, 3.8) is 0 Å². The van der Waals surface area contributed by atoms with E-state index >= 15 is 0 Å². The first-order chi connectivity index (χ1) is 14.1. The molecule has 4 nitrogen and oxygen atoms in total. The number of halogens is 3. The van der Waals surface area contributed by atoms with Gasteiger partial charge in [-0.25, -0.2) is 0 Å². The second kappa shape index (κ2) is 10.6. The molecule has 30 heavy (non-hydrogen) atoms.